The Hall–Kier alpha value is -1.45. The molecule has 5 atom stereocenters. The Morgan fingerprint density at radius 2 is 1.68 bits per heavy atom. The Labute approximate surface area is 167 Å². The van der Waals surface area contributed by atoms with E-state index in [1.54, 1.807) is 0 Å². The molecule has 0 N–H and O–H groups in total. The highest BCUT2D eigenvalue weighted by Gasteiger charge is 2.39. The average Bonchev–Trinajstić information content (AvgIpc) is 2.74. The Bertz CT molecular complexity index is 745. The van der Waals surface area contributed by atoms with Gasteiger partial charge in [-0.05, 0) is 98.1 Å². The van der Waals surface area contributed by atoms with Crippen molar-refractivity contribution < 1.29 is 18.3 Å². The van der Waals surface area contributed by atoms with Gasteiger partial charge in [-0.15, -0.1) is 0 Å². The molecule has 0 amide bonds. The number of carbonyl (C=O) groups excluding carboxylic acids is 1. The Balaban J connectivity index is 1.48. The van der Waals surface area contributed by atoms with Crippen molar-refractivity contribution in [1.29, 1.82) is 0 Å². The predicted octanol–water partition coefficient (Wildman–Crippen LogP) is 6.10. The lowest BCUT2D eigenvalue weighted by molar-refractivity contribution is 0.0593. The van der Waals surface area contributed by atoms with Gasteiger partial charge in [-0.3, -0.25) is 0 Å². The molecule has 28 heavy (non-hydrogen) atoms. The number of halogens is 2. The molecular formula is C24H32F2O2. The topological polar surface area (TPSA) is 26.3 Å². The fourth-order valence-corrected chi connectivity index (χ4v) is 6.35. The Kier molecular flexibility index (Phi) is 5.76. The summed E-state index contributed by atoms with van der Waals surface area (Å²) >= 11 is 0. The van der Waals surface area contributed by atoms with Crippen LogP contribution < -0.4 is 0 Å². The molecule has 5 unspecified atom stereocenters. The first kappa shape index (κ1) is 19.8. The molecule has 0 spiro atoms. The van der Waals surface area contributed by atoms with Gasteiger partial charge in [-0.25, -0.2) is 13.6 Å². The van der Waals surface area contributed by atoms with Gasteiger partial charge in [-0.1, -0.05) is 19.8 Å². The number of esters is 1. The van der Waals surface area contributed by atoms with Gasteiger partial charge in [0.15, 0.2) is 11.6 Å². The van der Waals surface area contributed by atoms with Gasteiger partial charge in [0.2, 0.25) is 0 Å². The van der Waals surface area contributed by atoms with Crippen molar-refractivity contribution in [1.82, 2.24) is 0 Å². The maximum Gasteiger partial charge on any atom is 0.340 e. The highest BCUT2D eigenvalue weighted by atomic mass is 19.2. The summed E-state index contributed by atoms with van der Waals surface area (Å²) in [6, 6.07) is 1.51. The quantitative estimate of drug-likeness (QED) is 0.583. The van der Waals surface area contributed by atoms with E-state index in [2.05, 4.69) is 11.7 Å². The zero-order chi connectivity index (χ0) is 19.8. The molecule has 4 rings (SSSR count). The number of fused-ring (bicyclic) bond motifs is 2. The van der Waals surface area contributed by atoms with E-state index in [1.807, 2.05) is 0 Å². The third kappa shape index (κ3) is 3.59. The van der Waals surface area contributed by atoms with Gasteiger partial charge in [-0.2, -0.15) is 0 Å². The van der Waals surface area contributed by atoms with Gasteiger partial charge in [0.05, 0.1) is 12.7 Å². The monoisotopic (exact) mass is 390 g/mol. The van der Waals surface area contributed by atoms with Gasteiger partial charge in [0.1, 0.15) is 0 Å². The lowest BCUT2D eigenvalue weighted by Crippen LogP contribution is -2.35. The summed E-state index contributed by atoms with van der Waals surface area (Å²) in [5, 5.41) is 0. The van der Waals surface area contributed by atoms with Crippen molar-refractivity contribution in [3.05, 3.63) is 34.4 Å². The molecule has 1 aromatic carbocycles. The van der Waals surface area contributed by atoms with Gasteiger partial charge < -0.3 is 4.74 Å². The van der Waals surface area contributed by atoms with Gasteiger partial charge in [0, 0.05) is 0 Å². The minimum atomic E-state index is -1.05. The third-order valence-corrected chi connectivity index (χ3v) is 8.06. The van der Waals surface area contributed by atoms with Crippen molar-refractivity contribution in [3.8, 4) is 0 Å². The second kappa shape index (κ2) is 8.12. The van der Waals surface area contributed by atoms with Crippen LogP contribution in [0.2, 0.25) is 0 Å². The highest BCUT2D eigenvalue weighted by Crippen LogP contribution is 2.49. The Morgan fingerprint density at radius 1 is 1.00 bits per heavy atom. The number of carbonyl (C=O) groups is 1. The number of rotatable bonds is 3. The molecular weight excluding hydrogens is 358 g/mol. The van der Waals surface area contributed by atoms with Crippen LogP contribution in [0.1, 0.15) is 79.8 Å². The van der Waals surface area contributed by atoms with E-state index in [4.69, 9.17) is 0 Å². The number of ether oxygens (including phenoxy) is 1. The van der Waals surface area contributed by atoms with Crippen LogP contribution in [0.4, 0.5) is 8.78 Å². The molecule has 1 aromatic rings. The number of hydrogen-bond donors (Lipinski definition) is 0. The van der Waals surface area contributed by atoms with Crippen LogP contribution in [0.3, 0.4) is 0 Å². The number of aryl methyl sites for hydroxylation is 1. The Morgan fingerprint density at radius 3 is 2.39 bits per heavy atom. The normalized spacial score (nSPS) is 32.4. The molecule has 3 aliphatic carbocycles. The molecule has 2 fully saturated rings. The van der Waals surface area contributed by atoms with Gasteiger partial charge >= 0.3 is 5.97 Å². The summed E-state index contributed by atoms with van der Waals surface area (Å²) in [5.41, 5.74) is 1.01. The SMILES string of the molecule is CCC1CCC2CC(C3CCc4cc(C(=O)OC)c(F)c(F)c4C3)CCC2C1. The van der Waals surface area contributed by atoms with Crippen molar-refractivity contribution in [2.24, 2.45) is 29.6 Å². The molecule has 154 valence electrons. The standard InChI is InChI=1S/C24H32F2O2/c1-3-14-4-5-16-11-17(7-6-15(16)10-14)18-8-9-19-13-21(24(27)28-2)23(26)22(25)20(19)12-18/h13-18H,3-12H2,1-2H3. The first-order valence-corrected chi connectivity index (χ1v) is 11.1. The van der Waals surface area contributed by atoms with E-state index in [9.17, 15) is 13.6 Å². The van der Waals surface area contributed by atoms with Crippen molar-refractivity contribution in [2.75, 3.05) is 7.11 Å². The lowest BCUT2D eigenvalue weighted by Gasteiger charge is -2.45. The molecule has 0 radical (unpaired) electrons. The molecule has 2 nitrogen and oxygen atoms in total. The van der Waals surface area contributed by atoms with Crippen molar-refractivity contribution >= 4 is 5.97 Å². The maximum atomic E-state index is 14.7. The molecule has 0 aliphatic heterocycles. The molecule has 2 saturated carbocycles. The first-order chi connectivity index (χ1) is 13.5. The van der Waals surface area contributed by atoms with E-state index in [0.29, 0.717) is 23.8 Å². The smallest absolute Gasteiger partial charge is 0.340 e. The molecule has 0 aromatic heterocycles. The summed E-state index contributed by atoms with van der Waals surface area (Å²) in [5.74, 6) is 1.04. The average molecular weight is 391 g/mol. The lowest BCUT2D eigenvalue weighted by atomic mass is 9.61. The summed E-state index contributed by atoms with van der Waals surface area (Å²) in [7, 11) is 1.19. The van der Waals surface area contributed by atoms with E-state index in [-0.39, 0.29) is 5.56 Å². The van der Waals surface area contributed by atoms with Crippen LogP contribution in [-0.2, 0) is 17.6 Å². The molecule has 0 heterocycles. The first-order valence-electron chi connectivity index (χ1n) is 11.1. The minimum Gasteiger partial charge on any atom is -0.465 e. The summed E-state index contributed by atoms with van der Waals surface area (Å²) < 4.78 is 33.8. The van der Waals surface area contributed by atoms with Crippen LogP contribution in [0.25, 0.3) is 0 Å². The summed E-state index contributed by atoms with van der Waals surface area (Å²) in [6.45, 7) is 2.31. The minimum absolute atomic E-state index is 0.273. The van der Waals surface area contributed by atoms with Crippen molar-refractivity contribution in [3.63, 3.8) is 0 Å². The van der Waals surface area contributed by atoms with Crippen LogP contribution >= 0.6 is 0 Å². The fraction of sp³-hybridized carbons (Fsp3) is 0.708. The zero-order valence-electron chi connectivity index (χ0n) is 17.1. The van der Waals surface area contributed by atoms with E-state index in [1.165, 1.54) is 58.1 Å². The number of methoxy groups -OCH3 is 1. The van der Waals surface area contributed by atoms with Crippen LogP contribution in [0.5, 0.6) is 0 Å². The largest absolute Gasteiger partial charge is 0.465 e. The second-order valence-electron chi connectivity index (χ2n) is 9.36. The van der Waals surface area contributed by atoms with Crippen molar-refractivity contribution in [2.45, 2.75) is 71.1 Å². The highest BCUT2D eigenvalue weighted by molar-refractivity contribution is 5.90. The molecule has 0 bridgehead atoms. The van der Waals surface area contributed by atoms with Crippen LogP contribution in [0.15, 0.2) is 6.07 Å². The third-order valence-electron chi connectivity index (χ3n) is 8.06. The molecule has 4 heteroatoms. The van der Waals surface area contributed by atoms with Crippen LogP contribution in [-0.4, -0.2) is 13.1 Å². The number of benzene rings is 1. The molecule has 0 saturated heterocycles. The summed E-state index contributed by atoms with van der Waals surface area (Å²) in [6.07, 6.45) is 11.6. The fourth-order valence-electron chi connectivity index (χ4n) is 6.35. The van der Waals surface area contributed by atoms with E-state index in [0.717, 1.165) is 36.2 Å². The van der Waals surface area contributed by atoms with Crippen LogP contribution in [0, 0.1) is 41.2 Å². The second-order valence-corrected chi connectivity index (χ2v) is 9.36. The maximum absolute atomic E-state index is 14.7. The van der Waals surface area contributed by atoms with E-state index < -0.39 is 17.6 Å². The molecule has 3 aliphatic rings. The van der Waals surface area contributed by atoms with E-state index >= 15 is 0 Å². The summed E-state index contributed by atoms with van der Waals surface area (Å²) in [4.78, 5) is 11.7. The van der Waals surface area contributed by atoms with Gasteiger partial charge in [0.25, 0.3) is 0 Å². The predicted molar refractivity (Wildman–Crippen MR) is 105 cm³/mol. The number of hydrogen-bond acceptors (Lipinski definition) is 2. The zero-order valence-corrected chi connectivity index (χ0v) is 17.1.